The second kappa shape index (κ2) is 4.07. The number of nitrogens with zero attached hydrogens (tertiary/aromatic N) is 2. The molecule has 0 aliphatic carbocycles. The van der Waals surface area contributed by atoms with Gasteiger partial charge in [-0.25, -0.2) is 9.07 Å². The first-order valence-electron chi connectivity index (χ1n) is 5.47. The van der Waals surface area contributed by atoms with Crippen molar-refractivity contribution in [1.29, 1.82) is 0 Å². The van der Waals surface area contributed by atoms with Crippen LogP contribution in [0.5, 0.6) is 0 Å². The molecule has 0 spiro atoms. The van der Waals surface area contributed by atoms with E-state index in [0.717, 1.165) is 22.9 Å². The predicted molar refractivity (Wildman–Crippen MR) is 66.4 cm³/mol. The van der Waals surface area contributed by atoms with Crippen molar-refractivity contribution in [3.8, 4) is 5.69 Å². The van der Waals surface area contributed by atoms with Crippen LogP contribution >= 0.6 is 0 Å². The molecule has 1 aromatic heterocycles. The quantitative estimate of drug-likeness (QED) is 0.645. The molecule has 0 aliphatic rings. The second-order valence-corrected chi connectivity index (χ2v) is 3.99. The molecule has 1 heterocycles. The van der Waals surface area contributed by atoms with E-state index in [-0.39, 0.29) is 5.82 Å². The standard InChI is InChI=1S/C14H9FN2O/c15-12-3-5-13(6-4-12)17-8-11-2-1-10(9-18)7-14(11)16-17/h1-9H. The Labute approximate surface area is 102 Å². The second-order valence-electron chi connectivity index (χ2n) is 3.99. The van der Waals surface area contributed by atoms with Crippen molar-refractivity contribution < 1.29 is 9.18 Å². The van der Waals surface area contributed by atoms with Gasteiger partial charge in [0.15, 0.2) is 0 Å². The summed E-state index contributed by atoms with van der Waals surface area (Å²) in [7, 11) is 0. The Bertz CT molecular complexity index is 716. The number of aromatic nitrogens is 2. The Kier molecular flexibility index (Phi) is 2.41. The lowest BCUT2D eigenvalue weighted by molar-refractivity contribution is 0.112. The summed E-state index contributed by atoms with van der Waals surface area (Å²) in [6.07, 6.45) is 2.63. The maximum atomic E-state index is 12.8. The average Bonchev–Trinajstić information content (AvgIpc) is 2.82. The summed E-state index contributed by atoms with van der Waals surface area (Å²) in [6, 6.07) is 11.4. The van der Waals surface area contributed by atoms with Gasteiger partial charge >= 0.3 is 0 Å². The molecule has 0 N–H and O–H groups in total. The third kappa shape index (κ3) is 1.78. The van der Waals surface area contributed by atoms with Gasteiger partial charge in [0.2, 0.25) is 0 Å². The molecule has 4 heteroatoms. The van der Waals surface area contributed by atoms with Gasteiger partial charge in [0.05, 0.1) is 11.2 Å². The molecule has 88 valence electrons. The van der Waals surface area contributed by atoms with E-state index in [1.165, 1.54) is 12.1 Å². The number of halogens is 1. The Hall–Kier alpha value is -2.49. The molecule has 0 aliphatic heterocycles. The van der Waals surface area contributed by atoms with Crippen LogP contribution in [-0.2, 0) is 0 Å². The summed E-state index contributed by atoms with van der Waals surface area (Å²) >= 11 is 0. The maximum absolute atomic E-state index is 12.8. The number of benzene rings is 2. The number of aldehydes is 1. The lowest BCUT2D eigenvalue weighted by atomic mass is 10.2. The minimum Gasteiger partial charge on any atom is -0.298 e. The van der Waals surface area contributed by atoms with Gasteiger partial charge in [0, 0.05) is 17.1 Å². The molecule has 0 atom stereocenters. The first-order valence-corrected chi connectivity index (χ1v) is 5.47. The molecule has 0 radical (unpaired) electrons. The topological polar surface area (TPSA) is 34.9 Å². The number of fused-ring (bicyclic) bond motifs is 1. The molecule has 3 rings (SSSR count). The van der Waals surface area contributed by atoms with Gasteiger partial charge in [-0.15, -0.1) is 0 Å². The summed E-state index contributed by atoms with van der Waals surface area (Å²) in [5, 5.41) is 5.29. The van der Waals surface area contributed by atoms with E-state index in [4.69, 9.17) is 0 Å². The third-order valence-corrected chi connectivity index (χ3v) is 2.76. The van der Waals surface area contributed by atoms with Crippen molar-refractivity contribution in [2.24, 2.45) is 0 Å². The van der Waals surface area contributed by atoms with E-state index >= 15 is 0 Å². The van der Waals surface area contributed by atoms with Crippen LogP contribution in [0.1, 0.15) is 10.4 Å². The Morgan fingerprint density at radius 3 is 2.61 bits per heavy atom. The van der Waals surface area contributed by atoms with Crippen LogP contribution in [0.3, 0.4) is 0 Å². The highest BCUT2D eigenvalue weighted by molar-refractivity contribution is 5.86. The monoisotopic (exact) mass is 240 g/mol. The first-order chi connectivity index (χ1) is 8.76. The predicted octanol–water partition coefficient (Wildman–Crippen LogP) is 2.98. The Morgan fingerprint density at radius 2 is 1.89 bits per heavy atom. The van der Waals surface area contributed by atoms with Gasteiger partial charge in [0.1, 0.15) is 12.1 Å². The van der Waals surface area contributed by atoms with E-state index in [9.17, 15) is 9.18 Å². The zero-order chi connectivity index (χ0) is 12.5. The molecule has 0 amide bonds. The smallest absolute Gasteiger partial charge is 0.150 e. The molecule has 18 heavy (non-hydrogen) atoms. The largest absolute Gasteiger partial charge is 0.298 e. The molecule has 0 saturated heterocycles. The number of hydrogen-bond acceptors (Lipinski definition) is 2. The Balaban J connectivity index is 2.12. The van der Waals surface area contributed by atoms with E-state index in [2.05, 4.69) is 5.10 Å². The number of carbonyl (C=O) groups is 1. The molecule has 3 aromatic rings. The average molecular weight is 240 g/mol. The van der Waals surface area contributed by atoms with E-state index < -0.39 is 0 Å². The summed E-state index contributed by atoms with van der Waals surface area (Å²) in [5.41, 5.74) is 2.11. The maximum Gasteiger partial charge on any atom is 0.150 e. The fourth-order valence-electron chi connectivity index (χ4n) is 1.83. The van der Waals surface area contributed by atoms with E-state index in [1.54, 1.807) is 28.9 Å². The SMILES string of the molecule is O=Cc1ccc2cn(-c3ccc(F)cc3)nc2c1. The van der Waals surface area contributed by atoms with Gasteiger partial charge < -0.3 is 0 Å². The van der Waals surface area contributed by atoms with Gasteiger partial charge in [-0.1, -0.05) is 12.1 Å². The van der Waals surface area contributed by atoms with Crippen molar-refractivity contribution in [2.75, 3.05) is 0 Å². The van der Waals surface area contributed by atoms with Gasteiger partial charge in [-0.3, -0.25) is 4.79 Å². The Morgan fingerprint density at radius 1 is 1.11 bits per heavy atom. The van der Waals surface area contributed by atoms with Crippen LogP contribution in [0.15, 0.2) is 48.7 Å². The molecule has 0 unspecified atom stereocenters. The third-order valence-electron chi connectivity index (χ3n) is 2.76. The van der Waals surface area contributed by atoms with Crippen molar-refractivity contribution in [2.45, 2.75) is 0 Å². The molecular weight excluding hydrogens is 231 g/mol. The summed E-state index contributed by atoms with van der Waals surface area (Å²) in [5.74, 6) is -0.279. The molecule has 3 nitrogen and oxygen atoms in total. The molecule has 0 saturated carbocycles. The normalized spacial score (nSPS) is 10.7. The molecule has 2 aromatic carbocycles. The van der Waals surface area contributed by atoms with Crippen molar-refractivity contribution in [1.82, 2.24) is 9.78 Å². The van der Waals surface area contributed by atoms with Crippen LogP contribution in [0.4, 0.5) is 4.39 Å². The molecule has 0 fully saturated rings. The van der Waals surface area contributed by atoms with Crippen LogP contribution < -0.4 is 0 Å². The van der Waals surface area contributed by atoms with Crippen LogP contribution in [0.25, 0.3) is 16.6 Å². The highest BCUT2D eigenvalue weighted by atomic mass is 19.1. The molecule has 0 bridgehead atoms. The first kappa shape index (κ1) is 10.7. The van der Waals surface area contributed by atoms with Crippen LogP contribution in [0.2, 0.25) is 0 Å². The fourth-order valence-corrected chi connectivity index (χ4v) is 1.83. The zero-order valence-corrected chi connectivity index (χ0v) is 9.38. The number of hydrogen-bond donors (Lipinski definition) is 0. The lowest BCUT2D eigenvalue weighted by Gasteiger charge is -1.99. The lowest BCUT2D eigenvalue weighted by Crippen LogP contribution is -1.93. The van der Waals surface area contributed by atoms with E-state index in [1.807, 2.05) is 12.3 Å². The van der Waals surface area contributed by atoms with E-state index in [0.29, 0.717) is 5.56 Å². The van der Waals surface area contributed by atoms with Crippen molar-refractivity contribution in [3.63, 3.8) is 0 Å². The van der Waals surface area contributed by atoms with Crippen LogP contribution in [0, 0.1) is 5.82 Å². The fraction of sp³-hybridized carbons (Fsp3) is 0. The molecular formula is C14H9FN2O. The van der Waals surface area contributed by atoms with Gasteiger partial charge in [0.25, 0.3) is 0 Å². The summed E-state index contributed by atoms with van der Waals surface area (Å²) < 4.78 is 14.5. The minimum absolute atomic E-state index is 0.279. The number of rotatable bonds is 2. The van der Waals surface area contributed by atoms with Crippen molar-refractivity contribution in [3.05, 3.63) is 60.0 Å². The minimum atomic E-state index is -0.279. The highest BCUT2D eigenvalue weighted by Crippen LogP contribution is 2.17. The van der Waals surface area contributed by atoms with Gasteiger partial charge in [-0.2, -0.15) is 5.10 Å². The van der Waals surface area contributed by atoms with Gasteiger partial charge in [-0.05, 0) is 30.3 Å². The van der Waals surface area contributed by atoms with Crippen LogP contribution in [-0.4, -0.2) is 16.1 Å². The number of carbonyl (C=O) groups excluding carboxylic acids is 1. The summed E-state index contributed by atoms with van der Waals surface area (Å²) in [6.45, 7) is 0. The summed E-state index contributed by atoms with van der Waals surface area (Å²) in [4.78, 5) is 10.7. The van der Waals surface area contributed by atoms with Crippen molar-refractivity contribution >= 4 is 17.2 Å². The zero-order valence-electron chi connectivity index (χ0n) is 9.38. The highest BCUT2D eigenvalue weighted by Gasteiger charge is 2.03.